The molecule has 4 aromatic heterocycles. The Morgan fingerprint density at radius 3 is 2.72 bits per heavy atom. The van der Waals surface area contributed by atoms with Crippen LogP contribution in [0.2, 0.25) is 0 Å². The molecule has 0 aliphatic carbocycles. The molecule has 0 radical (unpaired) electrons. The van der Waals surface area contributed by atoms with Crippen molar-refractivity contribution >= 4 is 5.69 Å². The van der Waals surface area contributed by atoms with Gasteiger partial charge in [-0.3, -0.25) is 9.97 Å². The third-order valence-electron chi connectivity index (χ3n) is 5.80. The quantitative estimate of drug-likeness (QED) is 0.492. The standard InChI is InChI=1S/C22H20FN9/c1-30-15-27-29-21(30)22(23)4-9-31(10-5-22)20-16(12-24)3-7-26-19(20)17-11-18(14-25-13-17)32-8-2-6-28-32/h2-3,6-8,11,13-15H,4-5,9-10H2,1H3. The third kappa shape index (κ3) is 3.37. The fourth-order valence-corrected chi connectivity index (χ4v) is 4.18. The Bertz CT molecular complexity index is 1280. The Labute approximate surface area is 183 Å². The molecule has 1 aliphatic rings. The van der Waals surface area contributed by atoms with Gasteiger partial charge in [0, 0.05) is 63.3 Å². The number of halogens is 1. The number of piperidine rings is 1. The predicted octanol–water partition coefficient (Wildman–Crippen LogP) is 2.79. The first-order valence-electron chi connectivity index (χ1n) is 10.2. The summed E-state index contributed by atoms with van der Waals surface area (Å²) in [6.07, 6.45) is 10.6. The zero-order valence-corrected chi connectivity index (χ0v) is 17.4. The second-order valence-electron chi connectivity index (χ2n) is 7.77. The minimum atomic E-state index is -1.56. The van der Waals surface area contributed by atoms with Gasteiger partial charge in [0.15, 0.2) is 11.5 Å². The van der Waals surface area contributed by atoms with Crippen molar-refractivity contribution in [2.75, 3.05) is 18.0 Å². The highest BCUT2D eigenvalue weighted by Gasteiger charge is 2.41. The topological polar surface area (TPSA) is 101 Å². The van der Waals surface area contributed by atoms with E-state index in [1.54, 1.807) is 47.2 Å². The summed E-state index contributed by atoms with van der Waals surface area (Å²) in [4.78, 5) is 10.9. The zero-order chi connectivity index (χ0) is 22.1. The number of pyridine rings is 2. The summed E-state index contributed by atoms with van der Waals surface area (Å²) in [5.74, 6) is 0.334. The monoisotopic (exact) mass is 429 g/mol. The van der Waals surface area contributed by atoms with Crippen LogP contribution in [0.25, 0.3) is 16.9 Å². The van der Waals surface area contributed by atoms with Crippen LogP contribution in [-0.2, 0) is 12.7 Å². The summed E-state index contributed by atoms with van der Waals surface area (Å²) >= 11 is 0. The van der Waals surface area contributed by atoms with Crippen LogP contribution in [-0.4, -0.2) is 47.6 Å². The van der Waals surface area contributed by atoms with Gasteiger partial charge in [0.25, 0.3) is 0 Å². The van der Waals surface area contributed by atoms with E-state index in [4.69, 9.17) is 0 Å². The Morgan fingerprint density at radius 1 is 1.19 bits per heavy atom. The van der Waals surface area contributed by atoms with E-state index < -0.39 is 5.67 Å². The van der Waals surface area contributed by atoms with Crippen molar-refractivity contribution in [3.63, 3.8) is 0 Å². The number of hydrogen-bond donors (Lipinski definition) is 0. The van der Waals surface area contributed by atoms with Gasteiger partial charge in [0.1, 0.15) is 12.4 Å². The van der Waals surface area contributed by atoms with E-state index in [1.807, 2.05) is 23.2 Å². The van der Waals surface area contributed by atoms with Crippen LogP contribution in [0.5, 0.6) is 0 Å². The molecule has 5 rings (SSSR count). The molecule has 0 unspecified atom stereocenters. The van der Waals surface area contributed by atoms with Gasteiger partial charge in [0.05, 0.1) is 28.8 Å². The van der Waals surface area contributed by atoms with Crippen LogP contribution < -0.4 is 4.90 Å². The van der Waals surface area contributed by atoms with E-state index >= 15 is 4.39 Å². The summed E-state index contributed by atoms with van der Waals surface area (Å²) in [6, 6.07) is 7.71. The van der Waals surface area contributed by atoms with E-state index in [2.05, 4.69) is 31.3 Å². The number of hydrogen-bond acceptors (Lipinski definition) is 7. The summed E-state index contributed by atoms with van der Waals surface area (Å²) in [6.45, 7) is 0.839. The molecule has 10 heteroatoms. The van der Waals surface area contributed by atoms with E-state index in [1.165, 1.54) is 6.33 Å². The van der Waals surface area contributed by atoms with Gasteiger partial charge in [-0.2, -0.15) is 10.4 Å². The maximum Gasteiger partial charge on any atom is 0.173 e. The van der Waals surface area contributed by atoms with Gasteiger partial charge < -0.3 is 9.47 Å². The molecule has 0 amide bonds. The first-order valence-corrected chi connectivity index (χ1v) is 10.2. The van der Waals surface area contributed by atoms with Gasteiger partial charge in [0.2, 0.25) is 0 Å². The largest absolute Gasteiger partial charge is 0.368 e. The highest BCUT2D eigenvalue weighted by Crippen LogP contribution is 2.40. The van der Waals surface area contributed by atoms with Crippen molar-refractivity contribution in [1.82, 2.24) is 34.5 Å². The molecule has 1 aliphatic heterocycles. The molecule has 32 heavy (non-hydrogen) atoms. The Hall–Kier alpha value is -4.13. The lowest BCUT2D eigenvalue weighted by atomic mass is 9.91. The van der Waals surface area contributed by atoms with Crippen molar-refractivity contribution in [3.8, 4) is 23.0 Å². The molecular formula is C22H20FN9. The lowest BCUT2D eigenvalue weighted by molar-refractivity contribution is 0.109. The molecule has 0 bridgehead atoms. The average molecular weight is 429 g/mol. The van der Waals surface area contributed by atoms with Gasteiger partial charge >= 0.3 is 0 Å². The molecule has 0 saturated carbocycles. The number of aryl methyl sites for hydroxylation is 1. The van der Waals surface area contributed by atoms with Gasteiger partial charge in [-0.1, -0.05) is 0 Å². The second kappa shape index (κ2) is 7.85. The number of nitriles is 1. The lowest BCUT2D eigenvalue weighted by Gasteiger charge is -2.37. The smallest absolute Gasteiger partial charge is 0.173 e. The maximum atomic E-state index is 15.7. The van der Waals surface area contributed by atoms with E-state index in [0.717, 1.165) is 11.3 Å². The highest BCUT2D eigenvalue weighted by atomic mass is 19.1. The van der Waals surface area contributed by atoms with Gasteiger partial charge in [-0.15, -0.1) is 10.2 Å². The first kappa shape index (κ1) is 19.8. The molecule has 9 nitrogen and oxygen atoms in total. The molecule has 0 N–H and O–H groups in total. The van der Waals surface area contributed by atoms with Crippen molar-refractivity contribution < 1.29 is 4.39 Å². The highest BCUT2D eigenvalue weighted by molar-refractivity contribution is 5.80. The first-order chi connectivity index (χ1) is 15.6. The van der Waals surface area contributed by atoms with E-state index in [0.29, 0.717) is 35.9 Å². The molecule has 4 aromatic rings. The minimum Gasteiger partial charge on any atom is -0.368 e. The zero-order valence-electron chi connectivity index (χ0n) is 17.4. The number of anilines is 1. The average Bonchev–Trinajstić information content (AvgIpc) is 3.52. The number of nitrogens with zero attached hydrogens (tertiary/aromatic N) is 9. The van der Waals surface area contributed by atoms with Crippen LogP contribution in [0.4, 0.5) is 10.1 Å². The van der Waals surface area contributed by atoms with Gasteiger partial charge in [-0.25, -0.2) is 9.07 Å². The van der Waals surface area contributed by atoms with Crippen molar-refractivity contribution in [3.05, 3.63) is 66.9 Å². The second-order valence-corrected chi connectivity index (χ2v) is 7.77. The van der Waals surface area contributed by atoms with Crippen molar-refractivity contribution in [2.45, 2.75) is 18.5 Å². The van der Waals surface area contributed by atoms with E-state index in [-0.39, 0.29) is 12.8 Å². The molecule has 0 spiro atoms. The van der Waals surface area contributed by atoms with Crippen LogP contribution in [0, 0.1) is 11.3 Å². The fourth-order valence-electron chi connectivity index (χ4n) is 4.18. The maximum absolute atomic E-state index is 15.7. The molecule has 1 fully saturated rings. The normalized spacial score (nSPS) is 15.5. The van der Waals surface area contributed by atoms with Crippen molar-refractivity contribution in [1.29, 1.82) is 5.26 Å². The minimum absolute atomic E-state index is 0.240. The number of aromatic nitrogens is 7. The third-order valence-corrected chi connectivity index (χ3v) is 5.80. The van der Waals surface area contributed by atoms with Crippen LogP contribution in [0.1, 0.15) is 24.2 Å². The molecular weight excluding hydrogens is 409 g/mol. The Morgan fingerprint density at radius 2 is 2.03 bits per heavy atom. The fraction of sp³-hybridized carbons (Fsp3) is 0.273. The van der Waals surface area contributed by atoms with Crippen LogP contribution >= 0.6 is 0 Å². The summed E-state index contributed by atoms with van der Waals surface area (Å²) in [7, 11) is 1.75. The van der Waals surface area contributed by atoms with Crippen molar-refractivity contribution in [2.24, 2.45) is 7.05 Å². The summed E-state index contributed by atoms with van der Waals surface area (Å²) in [5, 5.41) is 21.8. The Balaban J connectivity index is 1.50. The van der Waals surface area contributed by atoms with E-state index in [9.17, 15) is 5.26 Å². The van der Waals surface area contributed by atoms with Crippen LogP contribution in [0.3, 0.4) is 0 Å². The van der Waals surface area contributed by atoms with Crippen LogP contribution in [0.15, 0.2) is 55.5 Å². The molecule has 160 valence electrons. The Kier molecular flexibility index (Phi) is 4.86. The molecule has 0 atom stereocenters. The lowest BCUT2D eigenvalue weighted by Crippen LogP contribution is -2.42. The van der Waals surface area contributed by atoms with Gasteiger partial charge in [-0.05, 0) is 18.2 Å². The SMILES string of the molecule is Cn1cnnc1C1(F)CCN(c2c(C#N)ccnc2-c2cncc(-n3cccn3)c2)CC1. The number of rotatable bonds is 4. The predicted molar refractivity (Wildman–Crippen MR) is 115 cm³/mol. The molecule has 5 heterocycles. The molecule has 1 saturated heterocycles. The molecule has 0 aromatic carbocycles. The number of alkyl halides is 1. The summed E-state index contributed by atoms with van der Waals surface area (Å²) < 4.78 is 19.0. The summed E-state index contributed by atoms with van der Waals surface area (Å²) in [5.41, 5.74) is 1.80.